The number of benzene rings is 2. The lowest BCUT2D eigenvalue weighted by Gasteiger charge is -2.09. The average Bonchev–Trinajstić information content (AvgIpc) is 2.56. The van der Waals surface area contributed by atoms with E-state index in [1.807, 2.05) is 37.3 Å². The standard InChI is InChI=1S/C21H27FO/c1-3-4-5-6-7-8-15-23-21-14-13-19(16-20(21)22)18-11-9-17(2)10-12-18/h9-14,16H,3-8,15H2,1-2H3. The van der Waals surface area contributed by atoms with Gasteiger partial charge in [-0.25, -0.2) is 4.39 Å². The smallest absolute Gasteiger partial charge is 0.165 e. The van der Waals surface area contributed by atoms with Crippen molar-refractivity contribution >= 4 is 0 Å². The van der Waals surface area contributed by atoms with Gasteiger partial charge in [0.15, 0.2) is 11.6 Å². The van der Waals surface area contributed by atoms with Crippen molar-refractivity contribution in [3.8, 4) is 16.9 Å². The van der Waals surface area contributed by atoms with E-state index in [9.17, 15) is 4.39 Å². The number of rotatable bonds is 9. The summed E-state index contributed by atoms with van der Waals surface area (Å²) in [6.07, 6.45) is 7.24. The van der Waals surface area contributed by atoms with Crippen LogP contribution in [0.3, 0.4) is 0 Å². The zero-order valence-electron chi connectivity index (χ0n) is 14.3. The molecule has 0 amide bonds. The van der Waals surface area contributed by atoms with Gasteiger partial charge in [-0.15, -0.1) is 0 Å². The minimum Gasteiger partial charge on any atom is -0.491 e. The Morgan fingerprint density at radius 3 is 2.17 bits per heavy atom. The number of hydrogen-bond donors (Lipinski definition) is 0. The first-order valence-electron chi connectivity index (χ1n) is 8.70. The molecule has 0 aromatic heterocycles. The lowest BCUT2D eigenvalue weighted by atomic mass is 10.0. The van der Waals surface area contributed by atoms with Gasteiger partial charge in [-0.05, 0) is 36.6 Å². The van der Waals surface area contributed by atoms with Crippen LogP contribution in [0.1, 0.15) is 51.0 Å². The van der Waals surface area contributed by atoms with Crippen molar-refractivity contribution in [2.24, 2.45) is 0 Å². The predicted octanol–water partition coefficient (Wildman–Crippen LogP) is 6.54. The third-order valence-electron chi connectivity index (χ3n) is 4.07. The maximum Gasteiger partial charge on any atom is 0.165 e. The maximum atomic E-state index is 14.2. The van der Waals surface area contributed by atoms with Crippen molar-refractivity contribution in [3.63, 3.8) is 0 Å². The molecule has 1 nitrogen and oxygen atoms in total. The second-order valence-corrected chi connectivity index (χ2v) is 6.13. The van der Waals surface area contributed by atoms with Gasteiger partial charge in [0, 0.05) is 0 Å². The van der Waals surface area contributed by atoms with E-state index < -0.39 is 0 Å². The maximum absolute atomic E-state index is 14.2. The fraction of sp³-hybridized carbons (Fsp3) is 0.429. The second kappa shape index (κ2) is 9.34. The van der Waals surface area contributed by atoms with Crippen LogP contribution < -0.4 is 4.74 Å². The van der Waals surface area contributed by atoms with E-state index in [1.54, 1.807) is 12.1 Å². The highest BCUT2D eigenvalue weighted by Gasteiger charge is 2.06. The monoisotopic (exact) mass is 314 g/mol. The average molecular weight is 314 g/mol. The Hall–Kier alpha value is -1.83. The van der Waals surface area contributed by atoms with Gasteiger partial charge < -0.3 is 4.74 Å². The summed E-state index contributed by atoms with van der Waals surface area (Å²) in [5.41, 5.74) is 3.11. The second-order valence-electron chi connectivity index (χ2n) is 6.13. The van der Waals surface area contributed by atoms with Gasteiger partial charge in [-0.1, -0.05) is 74.9 Å². The van der Waals surface area contributed by atoms with E-state index >= 15 is 0 Å². The van der Waals surface area contributed by atoms with E-state index in [-0.39, 0.29) is 5.82 Å². The third-order valence-corrected chi connectivity index (χ3v) is 4.07. The molecule has 0 spiro atoms. The molecule has 0 aliphatic heterocycles. The molecule has 2 heteroatoms. The quantitative estimate of drug-likeness (QED) is 0.477. The van der Waals surface area contributed by atoms with E-state index in [0.717, 1.165) is 24.0 Å². The molecule has 0 aliphatic carbocycles. The zero-order chi connectivity index (χ0) is 16.5. The molecular weight excluding hydrogens is 287 g/mol. The van der Waals surface area contributed by atoms with Crippen molar-refractivity contribution in [2.45, 2.75) is 52.4 Å². The van der Waals surface area contributed by atoms with Crippen LogP contribution in [0.15, 0.2) is 42.5 Å². The number of aryl methyl sites for hydroxylation is 1. The van der Waals surface area contributed by atoms with Crippen LogP contribution in [0.2, 0.25) is 0 Å². The number of halogens is 1. The molecule has 23 heavy (non-hydrogen) atoms. The number of unbranched alkanes of at least 4 members (excludes halogenated alkanes) is 5. The summed E-state index contributed by atoms with van der Waals surface area (Å²) in [6, 6.07) is 13.3. The van der Waals surface area contributed by atoms with Gasteiger partial charge >= 0.3 is 0 Å². The summed E-state index contributed by atoms with van der Waals surface area (Å²) in [5.74, 6) is 0.0727. The van der Waals surface area contributed by atoms with Crippen LogP contribution >= 0.6 is 0 Å². The summed E-state index contributed by atoms with van der Waals surface area (Å²) in [7, 11) is 0. The van der Waals surface area contributed by atoms with E-state index in [1.165, 1.54) is 31.2 Å². The Morgan fingerprint density at radius 1 is 0.826 bits per heavy atom. The van der Waals surface area contributed by atoms with Crippen LogP contribution in [0.25, 0.3) is 11.1 Å². The molecule has 0 N–H and O–H groups in total. The van der Waals surface area contributed by atoms with Gasteiger partial charge in [-0.2, -0.15) is 0 Å². The molecule has 0 atom stereocenters. The Morgan fingerprint density at radius 2 is 1.48 bits per heavy atom. The van der Waals surface area contributed by atoms with E-state index in [4.69, 9.17) is 4.74 Å². The van der Waals surface area contributed by atoms with Crippen LogP contribution in [0.4, 0.5) is 4.39 Å². The van der Waals surface area contributed by atoms with Crippen LogP contribution in [-0.2, 0) is 0 Å². The number of ether oxygens (including phenoxy) is 1. The molecule has 0 heterocycles. The molecule has 124 valence electrons. The molecule has 0 saturated carbocycles. The fourth-order valence-electron chi connectivity index (χ4n) is 2.61. The fourth-order valence-corrected chi connectivity index (χ4v) is 2.61. The van der Waals surface area contributed by atoms with Gasteiger partial charge in [0.2, 0.25) is 0 Å². The van der Waals surface area contributed by atoms with Gasteiger partial charge in [0.1, 0.15) is 0 Å². The Kier molecular flexibility index (Phi) is 7.12. The topological polar surface area (TPSA) is 9.23 Å². The van der Waals surface area contributed by atoms with Gasteiger partial charge in [0.05, 0.1) is 6.61 Å². The van der Waals surface area contributed by atoms with Crippen molar-refractivity contribution in [1.29, 1.82) is 0 Å². The first-order valence-corrected chi connectivity index (χ1v) is 8.70. The van der Waals surface area contributed by atoms with Gasteiger partial charge in [0.25, 0.3) is 0 Å². The zero-order valence-corrected chi connectivity index (χ0v) is 14.3. The van der Waals surface area contributed by atoms with E-state index in [0.29, 0.717) is 12.4 Å². The normalized spacial score (nSPS) is 10.7. The molecule has 2 aromatic rings. The Balaban J connectivity index is 1.83. The Bertz CT molecular complexity index is 589. The van der Waals surface area contributed by atoms with Crippen LogP contribution in [-0.4, -0.2) is 6.61 Å². The predicted molar refractivity (Wildman–Crippen MR) is 95.4 cm³/mol. The summed E-state index contributed by atoms with van der Waals surface area (Å²) < 4.78 is 19.7. The third kappa shape index (κ3) is 5.70. The lowest BCUT2D eigenvalue weighted by molar-refractivity contribution is 0.290. The highest BCUT2D eigenvalue weighted by molar-refractivity contribution is 5.64. The van der Waals surface area contributed by atoms with Crippen molar-refractivity contribution in [3.05, 3.63) is 53.8 Å². The van der Waals surface area contributed by atoms with Crippen molar-refractivity contribution < 1.29 is 9.13 Å². The highest BCUT2D eigenvalue weighted by Crippen LogP contribution is 2.26. The van der Waals surface area contributed by atoms with Gasteiger partial charge in [-0.3, -0.25) is 0 Å². The van der Waals surface area contributed by atoms with Crippen molar-refractivity contribution in [2.75, 3.05) is 6.61 Å². The lowest BCUT2D eigenvalue weighted by Crippen LogP contribution is -1.99. The van der Waals surface area contributed by atoms with Crippen molar-refractivity contribution in [1.82, 2.24) is 0 Å². The van der Waals surface area contributed by atoms with Crippen LogP contribution in [0.5, 0.6) is 5.75 Å². The largest absolute Gasteiger partial charge is 0.491 e. The number of hydrogen-bond acceptors (Lipinski definition) is 1. The summed E-state index contributed by atoms with van der Waals surface area (Å²) >= 11 is 0. The molecule has 0 radical (unpaired) electrons. The van der Waals surface area contributed by atoms with Crippen LogP contribution in [0, 0.1) is 12.7 Å². The highest BCUT2D eigenvalue weighted by atomic mass is 19.1. The van der Waals surface area contributed by atoms with E-state index in [2.05, 4.69) is 6.92 Å². The SMILES string of the molecule is CCCCCCCCOc1ccc(-c2ccc(C)cc2)cc1F. The molecule has 2 rings (SSSR count). The minimum absolute atomic E-state index is 0.283. The Labute approximate surface area is 139 Å². The first-order chi connectivity index (χ1) is 11.2. The molecule has 2 aromatic carbocycles. The summed E-state index contributed by atoms with van der Waals surface area (Å²) in [6.45, 7) is 4.85. The molecule has 0 bridgehead atoms. The summed E-state index contributed by atoms with van der Waals surface area (Å²) in [4.78, 5) is 0. The molecule has 0 saturated heterocycles. The first kappa shape index (κ1) is 17.5. The molecule has 0 aliphatic rings. The molecule has 0 unspecified atom stereocenters. The summed E-state index contributed by atoms with van der Waals surface area (Å²) in [5, 5.41) is 0. The molecular formula is C21H27FO. The molecule has 0 fully saturated rings. The minimum atomic E-state index is -0.283.